The van der Waals surface area contributed by atoms with E-state index in [1.54, 1.807) is 6.07 Å². The van der Waals surface area contributed by atoms with Crippen molar-refractivity contribution in [2.75, 3.05) is 0 Å². The van der Waals surface area contributed by atoms with Crippen LogP contribution in [0.4, 0.5) is 8.78 Å². The van der Waals surface area contributed by atoms with Crippen molar-refractivity contribution in [2.24, 2.45) is 11.3 Å². The van der Waals surface area contributed by atoms with Crippen LogP contribution in [-0.4, -0.2) is 9.52 Å². The highest BCUT2D eigenvalue weighted by molar-refractivity contribution is 6.37. The van der Waals surface area contributed by atoms with Crippen LogP contribution in [0.2, 0.25) is 11.6 Å². The summed E-state index contributed by atoms with van der Waals surface area (Å²) in [6.45, 7) is 4.86. The van der Waals surface area contributed by atoms with Gasteiger partial charge >= 0.3 is 0 Å². The van der Waals surface area contributed by atoms with E-state index in [9.17, 15) is 8.78 Å². The monoisotopic (exact) mass is 364 g/mol. The SMILES string of the molecule is CCC[SiH2][C@H]1CC[C@](C)(C2CCC(c3ccc(F)c(F)c3)CC2)CC1. The molecule has 3 rings (SSSR count). The number of benzene rings is 1. The molecule has 2 fully saturated rings. The number of rotatable bonds is 5. The van der Waals surface area contributed by atoms with E-state index in [-0.39, 0.29) is 9.52 Å². The second-order valence-corrected chi connectivity index (χ2v) is 11.4. The van der Waals surface area contributed by atoms with Gasteiger partial charge in [-0.15, -0.1) is 0 Å². The average Bonchev–Trinajstić information content (AvgIpc) is 2.64. The minimum atomic E-state index is -0.728. The van der Waals surface area contributed by atoms with Gasteiger partial charge in [0.05, 0.1) is 0 Å². The first kappa shape index (κ1) is 19.1. The first-order chi connectivity index (χ1) is 12.0. The fraction of sp³-hybridized carbons (Fsp3) is 0.727. The second-order valence-electron chi connectivity index (χ2n) is 8.96. The molecule has 0 unspecified atom stereocenters. The van der Waals surface area contributed by atoms with E-state index in [1.807, 2.05) is 0 Å². The Balaban J connectivity index is 1.52. The van der Waals surface area contributed by atoms with Gasteiger partial charge in [-0.05, 0) is 73.5 Å². The van der Waals surface area contributed by atoms with Gasteiger partial charge in [-0.3, -0.25) is 0 Å². The van der Waals surface area contributed by atoms with Crippen LogP contribution in [0.3, 0.4) is 0 Å². The van der Waals surface area contributed by atoms with E-state index in [2.05, 4.69) is 13.8 Å². The molecule has 1 aromatic carbocycles. The summed E-state index contributed by atoms with van der Waals surface area (Å²) in [5.41, 5.74) is 2.64. The molecule has 0 aromatic heterocycles. The van der Waals surface area contributed by atoms with Crippen LogP contribution in [-0.2, 0) is 0 Å². The van der Waals surface area contributed by atoms with Crippen molar-refractivity contribution >= 4 is 9.52 Å². The van der Waals surface area contributed by atoms with Crippen LogP contribution < -0.4 is 0 Å². The summed E-state index contributed by atoms with van der Waals surface area (Å²) in [5, 5.41) is 0. The smallest absolute Gasteiger partial charge is 0.159 e. The molecule has 0 atom stereocenters. The zero-order valence-corrected chi connectivity index (χ0v) is 17.4. The topological polar surface area (TPSA) is 0 Å². The summed E-state index contributed by atoms with van der Waals surface area (Å²) in [4.78, 5) is 0. The van der Waals surface area contributed by atoms with E-state index >= 15 is 0 Å². The predicted molar refractivity (Wildman–Crippen MR) is 105 cm³/mol. The standard InChI is InChI=1S/C22H34F2Si/c1-3-14-25-19-10-12-22(2,13-11-19)18-7-4-16(5-8-18)17-6-9-20(23)21(24)15-17/h6,9,15-16,18-19H,3-5,7-8,10-14,25H2,1-2H3/t16?,18?,19-,22-. The average molecular weight is 365 g/mol. The van der Waals surface area contributed by atoms with Gasteiger partial charge in [-0.25, -0.2) is 8.78 Å². The number of hydrogen-bond acceptors (Lipinski definition) is 0. The summed E-state index contributed by atoms with van der Waals surface area (Å²) in [6.07, 6.45) is 12.0. The predicted octanol–water partition coefficient (Wildman–Crippen LogP) is 6.60. The molecule has 0 radical (unpaired) electrons. The molecule has 2 saturated carbocycles. The van der Waals surface area contributed by atoms with Crippen LogP contribution in [0.1, 0.15) is 83.1 Å². The molecule has 2 aliphatic rings. The summed E-state index contributed by atoms with van der Waals surface area (Å²) in [5.74, 6) is -0.166. The molecule has 0 spiro atoms. The lowest BCUT2D eigenvalue weighted by Crippen LogP contribution is -2.34. The molecule has 3 heteroatoms. The summed E-state index contributed by atoms with van der Waals surface area (Å²) >= 11 is 0. The highest BCUT2D eigenvalue weighted by atomic mass is 28.2. The van der Waals surface area contributed by atoms with Crippen LogP contribution >= 0.6 is 0 Å². The lowest BCUT2D eigenvalue weighted by atomic mass is 9.61. The number of hydrogen-bond donors (Lipinski definition) is 0. The molecular weight excluding hydrogens is 330 g/mol. The third kappa shape index (κ3) is 4.53. The van der Waals surface area contributed by atoms with Crippen molar-refractivity contribution in [2.45, 2.75) is 89.1 Å². The number of halogens is 2. The lowest BCUT2D eigenvalue weighted by Gasteiger charge is -2.46. The van der Waals surface area contributed by atoms with Gasteiger partial charge < -0.3 is 0 Å². The maximum absolute atomic E-state index is 13.5. The van der Waals surface area contributed by atoms with Crippen LogP contribution in [0.5, 0.6) is 0 Å². The van der Waals surface area contributed by atoms with Gasteiger partial charge in [0.2, 0.25) is 0 Å². The Morgan fingerprint density at radius 1 is 1.00 bits per heavy atom. The molecule has 0 N–H and O–H groups in total. The molecule has 0 heterocycles. The molecule has 0 amide bonds. The fourth-order valence-electron chi connectivity index (χ4n) is 5.42. The fourth-order valence-corrected chi connectivity index (χ4v) is 7.39. The maximum atomic E-state index is 13.5. The van der Waals surface area contributed by atoms with Crippen LogP contribution in [0, 0.1) is 23.0 Å². The van der Waals surface area contributed by atoms with E-state index in [0.29, 0.717) is 11.3 Å². The van der Waals surface area contributed by atoms with Gasteiger partial charge in [-0.2, -0.15) is 0 Å². The van der Waals surface area contributed by atoms with E-state index in [0.717, 1.165) is 29.9 Å². The van der Waals surface area contributed by atoms with E-state index < -0.39 is 11.6 Å². The lowest BCUT2D eigenvalue weighted by molar-refractivity contribution is 0.0824. The van der Waals surface area contributed by atoms with Gasteiger partial charge in [0, 0.05) is 9.52 Å². The van der Waals surface area contributed by atoms with Crippen molar-refractivity contribution < 1.29 is 8.78 Å². The second kappa shape index (κ2) is 8.33. The first-order valence-corrected chi connectivity index (χ1v) is 12.3. The zero-order valence-electron chi connectivity index (χ0n) is 16.0. The molecule has 0 aliphatic heterocycles. The molecule has 25 heavy (non-hydrogen) atoms. The minimum Gasteiger partial charge on any atom is -0.204 e. The molecule has 0 bridgehead atoms. The van der Waals surface area contributed by atoms with Gasteiger partial charge in [0.15, 0.2) is 11.6 Å². The Kier molecular flexibility index (Phi) is 6.35. The molecular formula is C22H34F2Si. The minimum absolute atomic E-state index is 0.172. The Morgan fingerprint density at radius 2 is 1.68 bits per heavy atom. The Morgan fingerprint density at radius 3 is 2.28 bits per heavy atom. The Labute approximate surface area is 154 Å². The zero-order chi connectivity index (χ0) is 17.9. The molecule has 0 saturated heterocycles. The first-order valence-electron chi connectivity index (χ1n) is 10.5. The maximum Gasteiger partial charge on any atom is 0.159 e. The summed E-state index contributed by atoms with van der Waals surface area (Å²) < 4.78 is 26.7. The Bertz CT molecular complexity index is 555. The normalized spacial score (nSPS) is 33.8. The summed E-state index contributed by atoms with van der Waals surface area (Å²) in [6, 6.07) is 6.03. The van der Waals surface area contributed by atoms with Gasteiger partial charge in [-0.1, -0.05) is 50.8 Å². The van der Waals surface area contributed by atoms with Crippen LogP contribution in [0.15, 0.2) is 18.2 Å². The van der Waals surface area contributed by atoms with Crippen molar-refractivity contribution in [1.29, 1.82) is 0 Å². The molecule has 2 aliphatic carbocycles. The highest BCUT2D eigenvalue weighted by Crippen LogP contribution is 2.52. The van der Waals surface area contributed by atoms with E-state index in [4.69, 9.17) is 0 Å². The highest BCUT2D eigenvalue weighted by Gasteiger charge is 2.39. The van der Waals surface area contributed by atoms with Crippen molar-refractivity contribution in [3.63, 3.8) is 0 Å². The van der Waals surface area contributed by atoms with E-state index in [1.165, 1.54) is 63.1 Å². The molecule has 1 aromatic rings. The van der Waals surface area contributed by atoms with Crippen molar-refractivity contribution in [1.82, 2.24) is 0 Å². The van der Waals surface area contributed by atoms with Crippen molar-refractivity contribution in [3.05, 3.63) is 35.4 Å². The molecule has 140 valence electrons. The third-order valence-corrected chi connectivity index (χ3v) is 10.1. The largest absolute Gasteiger partial charge is 0.204 e. The Hall–Kier alpha value is -0.703. The summed E-state index contributed by atoms with van der Waals surface area (Å²) in [7, 11) is 0.172. The molecule has 0 nitrogen and oxygen atoms in total. The third-order valence-electron chi connectivity index (χ3n) is 7.34. The van der Waals surface area contributed by atoms with Crippen LogP contribution in [0.25, 0.3) is 0 Å². The van der Waals surface area contributed by atoms with Gasteiger partial charge in [0.1, 0.15) is 0 Å². The quantitative estimate of drug-likeness (QED) is 0.516. The van der Waals surface area contributed by atoms with Gasteiger partial charge in [0.25, 0.3) is 0 Å². The van der Waals surface area contributed by atoms with Crippen molar-refractivity contribution in [3.8, 4) is 0 Å².